The first-order chi connectivity index (χ1) is 11.6. The third-order valence-electron chi connectivity index (χ3n) is 3.73. The van der Waals surface area contributed by atoms with Gasteiger partial charge in [0.15, 0.2) is 6.61 Å². The number of nitrogens with one attached hydrogen (secondary N) is 1. The fourth-order valence-corrected chi connectivity index (χ4v) is 2.54. The summed E-state index contributed by atoms with van der Waals surface area (Å²) in [6.45, 7) is 3.24. The first-order valence-corrected chi connectivity index (χ1v) is 7.53. The molecule has 6 heteroatoms. The zero-order chi connectivity index (χ0) is 17.1. The minimum absolute atomic E-state index is 0.279. The number of ketones is 1. The maximum Gasteiger partial charge on any atom is 0.342 e. The smallest absolute Gasteiger partial charge is 0.342 e. The molecule has 2 heterocycles. The van der Waals surface area contributed by atoms with Gasteiger partial charge in [0, 0.05) is 6.20 Å². The first kappa shape index (κ1) is 15.7. The maximum absolute atomic E-state index is 12.4. The lowest BCUT2D eigenvalue weighted by Crippen LogP contribution is -2.15. The van der Waals surface area contributed by atoms with Crippen LogP contribution in [-0.4, -0.2) is 33.1 Å². The highest BCUT2D eigenvalue weighted by Gasteiger charge is 2.21. The summed E-state index contributed by atoms with van der Waals surface area (Å²) in [5.74, 6) is -0.828. The molecule has 0 radical (unpaired) electrons. The van der Waals surface area contributed by atoms with Crippen LogP contribution in [0, 0.1) is 13.8 Å². The van der Waals surface area contributed by atoms with Gasteiger partial charge in [-0.3, -0.25) is 4.79 Å². The Morgan fingerprint density at radius 1 is 1.12 bits per heavy atom. The molecule has 0 saturated carbocycles. The van der Waals surface area contributed by atoms with E-state index in [0.717, 1.165) is 5.69 Å². The van der Waals surface area contributed by atoms with Crippen molar-refractivity contribution in [1.82, 2.24) is 14.8 Å². The number of ether oxygens (including phenoxy) is 1. The van der Waals surface area contributed by atoms with E-state index in [9.17, 15) is 9.59 Å². The number of nitrogens with zero attached hydrogens (tertiary/aromatic N) is 2. The van der Waals surface area contributed by atoms with E-state index in [1.165, 1.54) is 0 Å². The topological polar surface area (TPSA) is 77.0 Å². The Kier molecular flexibility index (Phi) is 4.29. The quantitative estimate of drug-likeness (QED) is 0.578. The molecule has 0 aliphatic heterocycles. The second kappa shape index (κ2) is 6.54. The van der Waals surface area contributed by atoms with Gasteiger partial charge in [-0.1, -0.05) is 18.2 Å². The summed E-state index contributed by atoms with van der Waals surface area (Å²) in [6.07, 6.45) is 1.65. The van der Waals surface area contributed by atoms with Crippen LogP contribution in [0.15, 0.2) is 48.7 Å². The lowest BCUT2D eigenvalue weighted by atomic mass is 10.2. The van der Waals surface area contributed by atoms with E-state index in [2.05, 4.69) is 10.1 Å². The number of carbonyl (C=O) groups is 2. The Morgan fingerprint density at radius 3 is 2.54 bits per heavy atom. The number of aromatic amines is 1. The molecular weight excluding hydrogens is 306 g/mol. The van der Waals surface area contributed by atoms with Crippen LogP contribution in [0.3, 0.4) is 0 Å². The lowest BCUT2D eigenvalue weighted by molar-refractivity contribution is 0.0472. The Labute approximate surface area is 139 Å². The van der Waals surface area contributed by atoms with Crippen molar-refractivity contribution in [3.8, 4) is 5.69 Å². The average molecular weight is 323 g/mol. The van der Waals surface area contributed by atoms with Gasteiger partial charge in [0.1, 0.15) is 5.56 Å². The van der Waals surface area contributed by atoms with E-state index in [4.69, 9.17) is 4.74 Å². The lowest BCUT2D eigenvalue weighted by Gasteiger charge is -2.06. The fourth-order valence-electron chi connectivity index (χ4n) is 2.54. The van der Waals surface area contributed by atoms with Crippen molar-refractivity contribution in [3.05, 3.63) is 71.3 Å². The van der Waals surface area contributed by atoms with Gasteiger partial charge in [-0.25, -0.2) is 9.48 Å². The minimum Gasteiger partial charge on any atom is -0.454 e. The Hall–Kier alpha value is -3.15. The van der Waals surface area contributed by atoms with Crippen LogP contribution in [0.25, 0.3) is 5.69 Å². The van der Waals surface area contributed by atoms with E-state index in [-0.39, 0.29) is 12.4 Å². The molecule has 0 aliphatic rings. The van der Waals surface area contributed by atoms with Crippen LogP contribution in [0.1, 0.15) is 32.2 Å². The number of benzene rings is 1. The number of H-pyrrole nitrogens is 1. The molecule has 0 atom stereocenters. The summed E-state index contributed by atoms with van der Waals surface area (Å²) in [4.78, 5) is 27.1. The van der Waals surface area contributed by atoms with Crippen LogP contribution < -0.4 is 0 Å². The number of esters is 1. The van der Waals surface area contributed by atoms with E-state index >= 15 is 0 Å². The molecule has 0 saturated heterocycles. The van der Waals surface area contributed by atoms with Crippen molar-refractivity contribution in [2.24, 2.45) is 0 Å². The van der Waals surface area contributed by atoms with Gasteiger partial charge in [-0.15, -0.1) is 0 Å². The monoisotopic (exact) mass is 323 g/mol. The molecule has 1 N–H and O–H groups in total. The summed E-state index contributed by atoms with van der Waals surface area (Å²) >= 11 is 0. The molecule has 6 nitrogen and oxygen atoms in total. The van der Waals surface area contributed by atoms with Crippen LogP contribution in [-0.2, 0) is 4.74 Å². The summed E-state index contributed by atoms with van der Waals surface area (Å²) in [7, 11) is 0. The van der Waals surface area contributed by atoms with Gasteiger partial charge in [0.05, 0.1) is 22.8 Å². The van der Waals surface area contributed by atoms with Crippen molar-refractivity contribution >= 4 is 11.8 Å². The van der Waals surface area contributed by atoms with Gasteiger partial charge >= 0.3 is 5.97 Å². The van der Waals surface area contributed by atoms with Gasteiger partial charge in [0.2, 0.25) is 5.78 Å². The van der Waals surface area contributed by atoms with Crippen LogP contribution in [0.2, 0.25) is 0 Å². The SMILES string of the molecule is Cc1nn(-c2ccccc2)c(C)c1C(=O)OCC(=O)c1ccc[nH]1. The van der Waals surface area contributed by atoms with Crippen LogP contribution >= 0.6 is 0 Å². The number of aryl methyl sites for hydroxylation is 1. The molecule has 122 valence electrons. The van der Waals surface area contributed by atoms with E-state index < -0.39 is 5.97 Å². The zero-order valence-electron chi connectivity index (χ0n) is 13.4. The maximum atomic E-state index is 12.4. The standard InChI is InChI=1S/C18H17N3O3/c1-12-17(13(2)21(20-12)14-7-4-3-5-8-14)18(23)24-11-16(22)15-9-6-10-19-15/h3-10,19H,11H2,1-2H3. The van der Waals surface area contributed by atoms with E-state index in [1.54, 1.807) is 36.9 Å². The van der Waals surface area contributed by atoms with Crippen molar-refractivity contribution in [2.45, 2.75) is 13.8 Å². The third kappa shape index (κ3) is 2.99. The summed E-state index contributed by atoms with van der Waals surface area (Å²) < 4.78 is 6.86. The molecule has 0 unspecified atom stereocenters. The predicted octanol–water partition coefficient (Wildman–Crippen LogP) is 2.86. The second-order valence-electron chi connectivity index (χ2n) is 5.38. The van der Waals surface area contributed by atoms with Crippen molar-refractivity contribution in [2.75, 3.05) is 6.61 Å². The molecule has 1 aromatic carbocycles. The zero-order valence-corrected chi connectivity index (χ0v) is 13.4. The number of Topliss-reactive ketones (excluding diaryl/α,β-unsaturated/α-hetero) is 1. The fraction of sp³-hybridized carbons (Fsp3) is 0.167. The highest BCUT2D eigenvalue weighted by Crippen LogP contribution is 2.18. The Morgan fingerprint density at radius 2 is 1.88 bits per heavy atom. The van der Waals surface area contributed by atoms with Gasteiger partial charge in [0.25, 0.3) is 0 Å². The van der Waals surface area contributed by atoms with Gasteiger partial charge in [-0.05, 0) is 38.1 Å². The van der Waals surface area contributed by atoms with Crippen molar-refractivity contribution in [1.29, 1.82) is 0 Å². The van der Waals surface area contributed by atoms with E-state index in [1.807, 2.05) is 30.3 Å². The number of hydrogen-bond acceptors (Lipinski definition) is 4. The largest absolute Gasteiger partial charge is 0.454 e. The normalized spacial score (nSPS) is 10.6. The molecule has 2 aromatic heterocycles. The van der Waals surface area contributed by atoms with Gasteiger partial charge in [-0.2, -0.15) is 5.10 Å². The molecule has 0 fully saturated rings. The molecular formula is C18H17N3O3. The summed E-state index contributed by atoms with van der Waals surface area (Å²) in [5, 5.41) is 4.40. The molecule has 0 spiro atoms. The van der Waals surface area contributed by atoms with Crippen molar-refractivity contribution < 1.29 is 14.3 Å². The number of hydrogen-bond donors (Lipinski definition) is 1. The summed E-state index contributed by atoms with van der Waals surface area (Å²) in [6, 6.07) is 12.9. The molecule has 0 amide bonds. The second-order valence-corrected chi connectivity index (χ2v) is 5.38. The highest BCUT2D eigenvalue weighted by atomic mass is 16.5. The molecule has 3 rings (SSSR count). The van der Waals surface area contributed by atoms with Crippen LogP contribution in [0.4, 0.5) is 0 Å². The molecule has 0 aliphatic carbocycles. The molecule has 24 heavy (non-hydrogen) atoms. The summed E-state index contributed by atoms with van der Waals surface area (Å²) in [5.41, 5.74) is 2.90. The van der Waals surface area contributed by atoms with Crippen molar-refractivity contribution in [3.63, 3.8) is 0 Å². The average Bonchev–Trinajstić information content (AvgIpc) is 3.22. The third-order valence-corrected chi connectivity index (χ3v) is 3.73. The minimum atomic E-state index is -0.549. The molecule has 3 aromatic rings. The number of rotatable bonds is 5. The van der Waals surface area contributed by atoms with Gasteiger partial charge < -0.3 is 9.72 Å². The van der Waals surface area contributed by atoms with Crippen LogP contribution in [0.5, 0.6) is 0 Å². The number of carbonyl (C=O) groups excluding carboxylic acids is 2. The molecule has 0 bridgehead atoms. The highest BCUT2D eigenvalue weighted by molar-refractivity contribution is 5.98. The number of aromatic nitrogens is 3. The number of para-hydroxylation sites is 1. The predicted molar refractivity (Wildman–Crippen MR) is 88.4 cm³/mol. The Bertz CT molecular complexity index is 865. The first-order valence-electron chi connectivity index (χ1n) is 7.53. The van der Waals surface area contributed by atoms with E-state index in [0.29, 0.717) is 22.6 Å². The Balaban J connectivity index is 1.78.